The second-order valence-electron chi connectivity index (χ2n) is 13.8. The van der Waals surface area contributed by atoms with Gasteiger partial charge in [0.1, 0.15) is 5.78 Å². The van der Waals surface area contributed by atoms with Crippen molar-refractivity contribution in [3.8, 4) is 0 Å². The molecule has 0 spiro atoms. The second-order valence-corrected chi connectivity index (χ2v) is 13.8. The summed E-state index contributed by atoms with van der Waals surface area (Å²) in [5, 5.41) is 10.9. The summed E-state index contributed by atoms with van der Waals surface area (Å²) < 4.78 is 0. The lowest BCUT2D eigenvalue weighted by Gasteiger charge is -2.62. The largest absolute Gasteiger partial charge is 0.393 e. The summed E-state index contributed by atoms with van der Waals surface area (Å²) in [4.78, 5) is 26.2. The van der Waals surface area contributed by atoms with Crippen molar-refractivity contribution in [3.63, 3.8) is 0 Å². The van der Waals surface area contributed by atoms with Crippen LogP contribution in [0.15, 0.2) is 0 Å². The van der Waals surface area contributed by atoms with E-state index in [1.165, 1.54) is 70.6 Å². The number of aliphatic hydroxyl groups is 1. The lowest BCUT2D eigenvalue weighted by Crippen LogP contribution is -2.57. The highest BCUT2D eigenvalue weighted by atomic mass is 16.3. The molecule has 0 aromatic rings. The molecule has 0 aromatic heterocycles. The van der Waals surface area contributed by atoms with E-state index in [0.717, 1.165) is 56.4 Å². The molecule has 0 saturated heterocycles. The minimum Gasteiger partial charge on any atom is -0.393 e. The van der Waals surface area contributed by atoms with E-state index in [9.17, 15) is 14.7 Å². The third kappa shape index (κ3) is 5.59. The van der Waals surface area contributed by atoms with Gasteiger partial charge in [-0.3, -0.25) is 9.59 Å². The van der Waals surface area contributed by atoms with E-state index < -0.39 is 0 Å². The van der Waals surface area contributed by atoms with Crippen molar-refractivity contribution in [2.45, 2.75) is 136 Å². The predicted octanol–water partition coefficient (Wildman–Crippen LogP) is 7.17. The molecule has 0 radical (unpaired) electrons. The van der Waals surface area contributed by atoms with E-state index in [2.05, 4.69) is 13.8 Å². The number of fused-ring (bicyclic) bond motifs is 5. The average Bonchev–Trinajstić information content (AvgIpc) is 3.17. The molecule has 4 nitrogen and oxygen atoms in total. The lowest BCUT2D eigenvalue weighted by atomic mass is 9.42. The van der Waals surface area contributed by atoms with Gasteiger partial charge in [0, 0.05) is 32.9 Å². The molecule has 36 heavy (non-hydrogen) atoms. The Labute approximate surface area is 221 Å². The van der Waals surface area contributed by atoms with Crippen molar-refractivity contribution in [3.05, 3.63) is 0 Å². The SMILES string of the molecule is CCN(C)C(=O)CCCCCCCCCC1CC2CC(=O)CC[C@]2(C)[C@@H]2CC[C@]3(C)C(O)CC[C@H]3[C@H]12. The zero-order valence-corrected chi connectivity index (χ0v) is 23.9. The number of ketones is 1. The molecule has 3 unspecified atom stereocenters. The van der Waals surface area contributed by atoms with Crippen molar-refractivity contribution in [1.29, 1.82) is 0 Å². The number of hydrogen-bond donors (Lipinski definition) is 1. The number of carbonyl (C=O) groups is 2. The Hall–Kier alpha value is -0.900. The Kier molecular flexibility index (Phi) is 9.27. The van der Waals surface area contributed by atoms with Gasteiger partial charge in [0.25, 0.3) is 0 Å². The van der Waals surface area contributed by atoms with Crippen LogP contribution in [0.3, 0.4) is 0 Å². The van der Waals surface area contributed by atoms with Crippen LogP contribution in [-0.4, -0.2) is 41.4 Å². The molecule has 0 aromatic carbocycles. The molecule has 0 aliphatic heterocycles. The topological polar surface area (TPSA) is 57.6 Å². The van der Waals surface area contributed by atoms with Gasteiger partial charge < -0.3 is 10.0 Å². The fourth-order valence-corrected chi connectivity index (χ4v) is 9.42. The standard InChI is InChI=1S/C32H55NO3/c1-5-33(4)29(36)14-12-10-8-6-7-9-11-13-23-21-24-22-25(34)17-19-31(24,2)27-18-20-32(3)26(30(23)27)15-16-28(32)35/h23-24,26-28,30,35H,5-22H2,1-4H3/t23?,24?,26-,27+,28?,30-,31-,32-/m0/s1. The van der Waals surface area contributed by atoms with Gasteiger partial charge in [0.05, 0.1) is 6.10 Å². The maximum Gasteiger partial charge on any atom is 0.222 e. The van der Waals surface area contributed by atoms with Crippen LogP contribution in [-0.2, 0) is 9.59 Å². The molecule has 4 aliphatic carbocycles. The van der Waals surface area contributed by atoms with Gasteiger partial charge in [0.2, 0.25) is 5.91 Å². The minimum atomic E-state index is -0.111. The molecule has 0 heterocycles. The molecule has 206 valence electrons. The number of nitrogens with zero attached hydrogens (tertiary/aromatic N) is 1. The second kappa shape index (κ2) is 11.9. The van der Waals surface area contributed by atoms with E-state index in [4.69, 9.17) is 0 Å². The number of Topliss-reactive ketones (excluding diaryl/α,β-unsaturated/α-hetero) is 1. The van der Waals surface area contributed by atoms with Gasteiger partial charge in [-0.2, -0.15) is 0 Å². The van der Waals surface area contributed by atoms with Gasteiger partial charge in [-0.1, -0.05) is 58.8 Å². The van der Waals surface area contributed by atoms with Gasteiger partial charge in [0.15, 0.2) is 0 Å². The third-order valence-corrected chi connectivity index (χ3v) is 12.0. The van der Waals surface area contributed by atoms with E-state index >= 15 is 0 Å². The van der Waals surface area contributed by atoms with Crippen LogP contribution < -0.4 is 0 Å². The Bertz CT molecular complexity index is 766. The van der Waals surface area contributed by atoms with E-state index in [1.807, 2.05) is 18.9 Å². The molecule has 4 rings (SSSR count). The maximum atomic E-state index is 12.4. The summed E-state index contributed by atoms with van der Waals surface area (Å²) in [7, 11) is 1.89. The zero-order chi connectivity index (χ0) is 25.9. The smallest absolute Gasteiger partial charge is 0.222 e. The first-order valence-corrected chi connectivity index (χ1v) is 15.6. The predicted molar refractivity (Wildman–Crippen MR) is 146 cm³/mol. The zero-order valence-electron chi connectivity index (χ0n) is 23.9. The highest BCUT2D eigenvalue weighted by Crippen LogP contribution is 2.67. The van der Waals surface area contributed by atoms with Gasteiger partial charge >= 0.3 is 0 Å². The first-order chi connectivity index (χ1) is 17.2. The maximum absolute atomic E-state index is 12.4. The van der Waals surface area contributed by atoms with Crippen LogP contribution in [0.2, 0.25) is 0 Å². The highest BCUT2D eigenvalue weighted by molar-refractivity contribution is 5.79. The molecule has 8 atom stereocenters. The third-order valence-electron chi connectivity index (χ3n) is 12.0. The highest BCUT2D eigenvalue weighted by Gasteiger charge is 2.62. The van der Waals surface area contributed by atoms with Crippen LogP contribution in [0, 0.1) is 40.4 Å². The summed E-state index contributed by atoms with van der Waals surface area (Å²) in [6.45, 7) is 7.77. The van der Waals surface area contributed by atoms with Crippen LogP contribution in [0.5, 0.6) is 0 Å². The Balaban J connectivity index is 1.27. The first-order valence-electron chi connectivity index (χ1n) is 15.6. The van der Waals surface area contributed by atoms with Crippen LogP contribution in [0.4, 0.5) is 0 Å². The Morgan fingerprint density at radius 1 is 0.944 bits per heavy atom. The normalized spacial score (nSPS) is 39.9. The van der Waals surface area contributed by atoms with Crippen molar-refractivity contribution in [2.75, 3.05) is 13.6 Å². The first kappa shape index (κ1) is 28.1. The van der Waals surface area contributed by atoms with Crippen molar-refractivity contribution < 1.29 is 14.7 Å². The minimum absolute atomic E-state index is 0.111. The molecule has 0 bridgehead atoms. The fraction of sp³-hybridized carbons (Fsp3) is 0.938. The Morgan fingerprint density at radius 2 is 1.61 bits per heavy atom. The van der Waals surface area contributed by atoms with E-state index in [-0.39, 0.29) is 17.4 Å². The van der Waals surface area contributed by atoms with Gasteiger partial charge in [-0.15, -0.1) is 0 Å². The number of aliphatic hydroxyl groups excluding tert-OH is 1. The summed E-state index contributed by atoms with van der Waals surface area (Å²) in [5.41, 5.74) is 0.470. The van der Waals surface area contributed by atoms with Gasteiger partial charge in [-0.05, 0) is 92.3 Å². The summed E-state index contributed by atoms with van der Waals surface area (Å²) in [5.74, 6) is 4.33. The molecule has 4 heteroatoms. The molecular weight excluding hydrogens is 446 g/mol. The lowest BCUT2D eigenvalue weighted by molar-refractivity contribution is -0.156. The van der Waals surface area contributed by atoms with Crippen molar-refractivity contribution in [1.82, 2.24) is 4.90 Å². The number of rotatable bonds is 11. The van der Waals surface area contributed by atoms with Crippen molar-refractivity contribution in [2.24, 2.45) is 40.4 Å². The van der Waals surface area contributed by atoms with Crippen molar-refractivity contribution >= 4 is 11.7 Å². The average molecular weight is 502 g/mol. The molecule has 1 N–H and O–H groups in total. The Morgan fingerprint density at radius 3 is 2.33 bits per heavy atom. The molecule has 4 aliphatic rings. The van der Waals surface area contributed by atoms with Crippen LogP contribution in [0.25, 0.3) is 0 Å². The summed E-state index contributed by atoms with van der Waals surface area (Å²) >= 11 is 0. The number of amides is 1. The molecule has 4 saturated carbocycles. The summed E-state index contributed by atoms with van der Waals surface area (Å²) in [6, 6.07) is 0. The number of unbranched alkanes of at least 4 members (excludes halogenated alkanes) is 6. The van der Waals surface area contributed by atoms with Gasteiger partial charge in [-0.25, -0.2) is 0 Å². The molecule has 4 fully saturated rings. The molecular formula is C32H55NO3. The monoisotopic (exact) mass is 501 g/mol. The number of hydrogen-bond acceptors (Lipinski definition) is 3. The molecule has 1 amide bonds. The van der Waals surface area contributed by atoms with E-state index in [0.29, 0.717) is 29.5 Å². The van der Waals surface area contributed by atoms with E-state index in [1.54, 1.807) is 0 Å². The summed E-state index contributed by atoms with van der Waals surface area (Å²) in [6.07, 6.45) is 19.2. The van der Waals surface area contributed by atoms with Crippen LogP contribution >= 0.6 is 0 Å². The van der Waals surface area contributed by atoms with Crippen LogP contribution in [0.1, 0.15) is 130 Å². The number of carbonyl (C=O) groups excluding carboxylic acids is 2. The fourth-order valence-electron chi connectivity index (χ4n) is 9.42. The quantitative estimate of drug-likeness (QED) is 0.305.